The Kier molecular flexibility index (Phi) is 2.13. The van der Waals surface area contributed by atoms with E-state index in [4.69, 9.17) is 0 Å². The van der Waals surface area contributed by atoms with Crippen molar-refractivity contribution in [3.05, 3.63) is 23.9 Å². The van der Waals surface area contributed by atoms with Crippen molar-refractivity contribution in [2.24, 2.45) is 11.8 Å². The highest BCUT2D eigenvalue weighted by Crippen LogP contribution is 2.44. The molecule has 2 unspecified atom stereocenters. The lowest BCUT2D eigenvalue weighted by atomic mass is 10.2. The Morgan fingerprint density at radius 1 is 1.53 bits per heavy atom. The first kappa shape index (κ1) is 9.16. The van der Waals surface area contributed by atoms with Gasteiger partial charge in [-0.3, -0.25) is 0 Å². The van der Waals surface area contributed by atoms with Crippen molar-refractivity contribution in [2.45, 2.75) is 19.4 Å². The van der Waals surface area contributed by atoms with E-state index in [1.54, 1.807) is 0 Å². The second-order valence-corrected chi connectivity index (χ2v) is 4.78. The molecule has 3 atom stereocenters. The average molecular weight is 203 g/mol. The summed E-state index contributed by atoms with van der Waals surface area (Å²) in [5, 5.41) is 6.94. The first-order valence-electron chi connectivity index (χ1n) is 5.73. The van der Waals surface area contributed by atoms with Gasteiger partial charge in [0.15, 0.2) is 0 Å². The van der Waals surface area contributed by atoms with Crippen LogP contribution in [0.5, 0.6) is 0 Å². The molecule has 15 heavy (non-hydrogen) atoms. The number of hydrogen-bond acceptors (Lipinski definition) is 3. The van der Waals surface area contributed by atoms with Gasteiger partial charge >= 0.3 is 0 Å². The van der Waals surface area contributed by atoms with Crippen LogP contribution in [0.1, 0.15) is 12.0 Å². The summed E-state index contributed by atoms with van der Waals surface area (Å²) >= 11 is 0. The smallest absolute Gasteiger partial charge is 0.125 e. The lowest BCUT2D eigenvalue weighted by Gasteiger charge is -2.14. The molecule has 0 spiro atoms. The molecule has 0 aromatic carbocycles. The third-order valence-electron chi connectivity index (χ3n) is 3.55. The van der Waals surface area contributed by atoms with Gasteiger partial charge in [-0.15, -0.1) is 0 Å². The second-order valence-electron chi connectivity index (χ2n) is 4.78. The van der Waals surface area contributed by atoms with Crippen LogP contribution in [0.25, 0.3) is 0 Å². The number of pyridine rings is 1. The molecule has 1 saturated carbocycles. The number of piperidine rings is 1. The van der Waals surface area contributed by atoms with Gasteiger partial charge in [-0.25, -0.2) is 4.98 Å². The molecule has 2 fully saturated rings. The Morgan fingerprint density at radius 3 is 3.07 bits per heavy atom. The lowest BCUT2D eigenvalue weighted by molar-refractivity contribution is 0.556. The van der Waals surface area contributed by atoms with E-state index in [2.05, 4.69) is 34.7 Å². The molecule has 80 valence electrons. The van der Waals surface area contributed by atoms with E-state index in [1.807, 2.05) is 6.20 Å². The molecule has 1 aliphatic carbocycles. The minimum atomic E-state index is 0.665. The third-order valence-corrected chi connectivity index (χ3v) is 3.55. The Labute approximate surface area is 90.3 Å². The molecule has 3 rings (SSSR count). The lowest BCUT2D eigenvalue weighted by Crippen LogP contribution is -2.33. The maximum atomic E-state index is 4.34. The maximum Gasteiger partial charge on any atom is 0.125 e. The number of aromatic nitrogens is 1. The summed E-state index contributed by atoms with van der Waals surface area (Å²) in [5.41, 5.74) is 1.21. The van der Waals surface area contributed by atoms with Gasteiger partial charge in [0.2, 0.25) is 0 Å². The minimum Gasteiger partial charge on any atom is -0.369 e. The number of hydrogen-bond donors (Lipinski definition) is 2. The number of fused-ring (bicyclic) bond motifs is 1. The Balaban J connectivity index is 1.55. The fourth-order valence-electron chi connectivity index (χ4n) is 2.46. The predicted molar refractivity (Wildman–Crippen MR) is 60.9 cm³/mol. The number of rotatable bonds is 3. The molecule has 1 aliphatic heterocycles. The standard InChI is InChI=1S/C12H17N3/c1-8-2-3-12(14-5-8)15-7-11-10-4-9(10)6-13-11/h2-3,5,9-11,13H,4,6-7H2,1H3,(H,14,15)/t9?,10?,11-/m0/s1. The summed E-state index contributed by atoms with van der Waals surface area (Å²) < 4.78 is 0. The molecule has 1 aromatic heterocycles. The van der Waals surface area contributed by atoms with E-state index >= 15 is 0 Å². The first-order chi connectivity index (χ1) is 7.33. The topological polar surface area (TPSA) is 37.0 Å². The van der Waals surface area contributed by atoms with E-state index in [-0.39, 0.29) is 0 Å². The third kappa shape index (κ3) is 1.84. The first-order valence-corrected chi connectivity index (χ1v) is 5.73. The summed E-state index contributed by atoms with van der Waals surface area (Å²) in [6.45, 7) is 4.29. The molecular formula is C12H17N3. The van der Waals surface area contributed by atoms with Crippen molar-refractivity contribution in [3.63, 3.8) is 0 Å². The molecule has 0 amide bonds. The van der Waals surface area contributed by atoms with Crippen LogP contribution in [0.4, 0.5) is 5.82 Å². The van der Waals surface area contributed by atoms with Gasteiger partial charge in [0.05, 0.1) is 0 Å². The van der Waals surface area contributed by atoms with Crippen LogP contribution < -0.4 is 10.6 Å². The van der Waals surface area contributed by atoms with Gasteiger partial charge in [-0.1, -0.05) is 6.07 Å². The zero-order valence-electron chi connectivity index (χ0n) is 9.03. The van der Waals surface area contributed by atoms with Crippen LogP contribution >= 0.6 is 0 Å². The average Bonchev–Trinajstić information content (AvgIpc) is 2.93. The van der Waals surface area contributed by atoms with Crippen molar-refractivity contribution < 1.29 is 0 Å². The van der Waals surface area contributed by atoms with Crippen molar-refractivity contribution in [1.29, 1.82) is 0 Å². The Morgan fingerprint density at radius 2 is 2.47 bits per heavy atom. The number of anilines is 1. The number of aryl methyl sites for hydroxylation is 1. The molecule has 1 saturated heterocycles. The summed E-state index contributed by atoms with van der Waals surface area (Å²) in [5.74, 6) is 2.90. The summed E-state index contributed by atoms with van der Waals surface area (Å²) in [4.78, 5) is 4.34. The highest BCUT2D eigenvalue weighted by atomic mass is 15.1. The van der Waals surface area contributed by atoms with Crippen LogP contribution in [-0.2, 0) is 0 Å². The Hall–Kier alpha value is -1.09. The largest absolute Gasteiger partial charge is 0.369 e. The zero-order valence-corrected chi connectivity index (χ0v) is 9.03. The minimum absolute atomic E-state index is 0.665. The van der Waals surface area contributed by atoms with E-state index < -0.39 is 0 Å². The van der Waals surface area contributed by atoms with Crippen LogP contribution in [-0.4, -0.2) is 24.1 Å². The van der Waals surface area contributed by atoms with Crippen LogP contribution in [0.3, 0.4) is 0 Å². The van der Waals surface area contributed by atoms with Gasteiger partial charge in [-0.2, -0.15) is 0 Å². The number of nitrogens with one attached hydrogen (secondary N) is 2. The van der Waals surface area contributed by atoms with Crippen LogP contribution in [0, 0.1) is 18.8 Å². The summed E-state index contributed by atoms with van der Waals surface area (Å²) in [7, 11) is 0. The second kappa shape index (κ2) is 3.49. The van der Waals surface area contributed by atoms with E-state index in [0.717, 1.165) is 24.2 Å². The molecular weight excluding hydrogens is 186 g/mol. The van der Waals surface area contributed by atoms with Crippen LogP contribution in [0.2, 0.25) is 0 Å². The monoisotopic (exact) mass is 203 g/mol. The van der Waals surface area contributed by atoms with Crippen molar-refractivity contribution in [2.75, 3.05) is 18.4 Å². The van der Waals surface area contributed by atoms with Crippen molar-refractivity contribution in [3.8, 4) is 0 Å². The molecule has 2 heterocycles. The van der Waals surface area contributed by atoms with Crippen LogP contribution in [0.15, 0.2) is 18.3 Å². The van der Waals surface area contributed by atoms with Gasteiger partial charge in [-0.05, 0) is 43.4 Å². The number of nitrogens with zero attached hydrogens (tertiary/aromatic N) is 1. The predicted octanol–water partition coefficient (Wildman–Crippen LogP) is 1.41. The highest BCUT2D eigenvalue weighted by Gasteiger charge is 2.47. The molecule has 2 N–H and O–H groups in total. The molecule has 3 heteroatoms. The molecule has 2 aliphatic rings. The van der Waals surface area contributed by atoms with Gasteiger partial charge in [0.25, 0.3) is 0 Å². The van der Waals surface area contributed by atoms with Crippen molar-refractivity contribution >= 4 is 5.82 Å². The highest BCUT2D eigenvalue weighted by molar-refractivity contribution is 5.35. The quantitative estimate of drug-likeness (QED) is 0.780. The molecule has 0 bridgehead atoms. The van der Waals surface area contributed by atoms with Crippen molar-refractivity contribution in [1.82, 2.24) is 10.3 Å². The van der Waals surface area contributed by atoms with Gasteiger partial charge in [0, 0.05) is 18.8 Å². The maximum absolute atomic E-state index is 4.34. The van der Waals surface area contributed by atoms with Gasteiger partial charge < -0.3 is 10.6 Å². The zero-order chi connectivity index (χ0) is 10.3. The van der Waals surface area contributed by atoms with E-state index in [1.165, 1.54) is 18.5 Å². The molecule has 3 nitrogen and oxygen atoms in total. The molecule has 1 aromatic rings. The Bertz CT molecular complexity index is 346. The fraction of sp³-hybridized carbons (Fsp3) is 0.583. The summed E-state index contributed by atoms with van der Waals surface area (Å²) in [6, 6.07) is 4.81. The SMILES string of the molecule is Cc1ccc(NC[C@@H]2NCC3CC32)nc1. The summed E-state index contributed by atoms with van der Waals surface area (Å²) in [6.07, 6.45) is 3.34. The normalized spacial score (nSPS) is 32.5. The molecule has 0 radical (unpaired) electrons. The van der Waals surface area contributed by atoms with E-state index in [0.29, 0.717) is 6.04 Å². The van der Waals surface area contributed by atoms with E-state index in [9.17, 15) is 0 Å². The van der Waals surface area contributed by atoms with Gasteiger partial charge in [0.1, 0.15) is 5.82 Å². The fourth-order valence-corrected chi connectivity index (χ4v) is 2.46.